The van der Waals surface area contributed by atoms with Crippen molar-refractivity contribution in [2.24, 2.45) is 0 Å². The van der Waals surface area contributed by atoms with Crippen molar-refractivity contribution in [3.8, 4) is 0 Å². The molecule has 2 aromatic carbocycles. The lowest BCUT2D eigenvalue weighted by Crippen LogP contribution is -2.28. The molecule has 168 valence electrons. The van der Waals surface area contributed by atoms with E-state index >= 15 is 0 Å². The first-order valence-electron chi connectivity index (χ1n) is 11.6. The molecule has 1 unspecified atom stereocenters. The van der Waals surface area contributed by atoms with Crippen LogP contribution in [0.25, 0.3) is 5.70 Å². The van der Waals surface area contributed by atoms with Crippen molar-refractivity contribution in [3.05, 3.63) is 106 Å². The van der Waals surface area contributed by atoms with Gasteiger partial charge in [0.2, 0.25) is 0 Å². The van der Waals surface area contributed by atoms with Crippen LogP contribution in [0.4, 0.5) is 5.69 Å². The van der Waals surface area contributed by atoms with Crippen molar-refractivity contribution in [2.45, 2.75) is 66.8 Å². The third kappa shape index (κ3) is 6.26. The van der Waals surface area contributed by atoms with Crippen LogP contribution in [0.3, 0.4) is 0 Å². The average molecular weight is 427 g/mol. The zero-order chi connectivity index (χ0) is 23.4. The second-order valence-corrected chi connectivity index (χ2v) is 9.36. The molecule has 0 aliphatic heterocycles. The first-order valence-corrected chi connectivity index (χ1v) is 11.6. The van der Waals surface area contributed by atoms with Crippen LogP contribution in [0.2, 0.25) is 0 Å². The van der Waals surface area contributed by atoms with Crippen LogP contribution in [-0.4, -0.2) is 6.04 Å². The summed E-state index contributed by atoms with van der Waals surface area (Å²) in [7, 11) is 0. The van der Waals surface area contributed by atoms with Crippen LogP contribution in [0, 0.1) is 20.8 Å². The summed E-state index contributed by atoms with van der Waals surface area (Å²) < 4.78 is 0. The Morgan fingerprint density at radius 1 is 0.938 bits per heavy atom. The van der Waals surface area contributed by atoms with Gasteiger partial charge in [-0.05, 0) is 107 Å². The van der Waals surface area contributed by atoms with Gasteiger partial charge in [-0.1, -0.05) is 48.6 Å². The van der Waals surface area contributed by atoms with Crippen molar-refractivity contribution < 1.29 is 0 Å². The number of hydrogen-bond donors (Lipinski definition) is 2. The molecule has 2 N–H and O–H groups in total. The highest BCUT2D eigenvalue weighted by Crippen LogP contribution is 2.29. The molecule has 0 radical (unpaired) electrons. The summed E-state index contributed by atoms with van der Waals surface area (Å²) in [6.07, 6.45) is 5.79. The zero-order valence-electron chi connectivity index (χ0n) is 20.7. The van der Waals surface area contributed by atoms with E-state index < -0.39 is 0 Å². The molecule has 32 heavy (non-hydrogen) atoms. The number of benzene rings is 2. The third-order valence-corrected chi connectivity index (χ3v) is 6.45. The Morgan fingerprint density at radius 2 is 1.56 bits per heavy atom. The number of anilines is 1. The lowest BCUT2D eigenvalue weighted by atomic mass is 9.98. The Hall–Kier alpha value is -3.00. The fraction of sp³-hybridized carbons (Fsp3) is 0.333. The minimum atomic E-state index is 0.243. The number of hydrogen-bond acceptors (Lipinski definition) is 2. The van der Waals surface area contributed by atoms with Gasteiger partial charge in [0.25, 0.3) is 0 Å². The molecule has 0 spiro atoms. The highest BCUT2D eigenvalue weighted by atomic mass is 14.9. The van der Waals surface area contributed by atoms with E-state index in [0.29, 0.717) is 0 Å². The van der Waals surface area contributed by atoms with Crippen molar-refractivity contribution in [1.82, 2.24) is 5.32 Å². The van der Waals surface area contributed by atoms with Gasteiger partial charge in [0.1, 0.15) is 0 Å². The molecule has 0 saturated heterocycles. The van der Waals surface area contributed by atoms with E-state index in [0.717, 1.165) is 29.1 Å². The highest BCUT2D eigenvalue weighted by molar-refractivity contribution is 5.66. The lowest BCUT2D eigenvalue weighted by Gasteiger charge is -2.21. The topological polar surface area (TPSA) is 24.1 Å². The highest BCUT2D eigenvalue weighted by Gasteiger charge is 2.17. The summed E-state index contributed by atoms with van der Waals surface area (Å²) in [6.45, 7) is 21.2. The molecule has 0 aromatic heterocycles. The standard InChI is InChI=1S/C30H38N2/c1-19(2)23(6)24(7)31-28-13-11-27(12-14-28)18-29(17-26-9-10-26)32-25(8)30-16-21(4)20(3)15-22(30)5/h11-17,29,31-32H,1,8-10,18H2,2-7H3/b24-23-. The van der Waals surface area contributed by atoms with Gasteiger partial charge in [0, 0.05) is 28.7 Å². The van der Waals surface area contributed by atoms with Crippen molar-refractivity contribution >= 4 is 11.4 Å². The van der Waals surface area contributed by atoms with Crippen molar-refractivity contribution in [1.29, 1.82) is 0 Å². The largest absolute Gasteiger partial charge is 0.378 e. The molecule has 2 aromatic rings. The maximum absolute atomic E-state index is 4.38. The SMILES string of the molecule is C=C(C)/C(C)=C(/C)Nc1ccc(CC(C=C2CC2)NC(=C)c2cc(C)c(C)cc2C)cc1. The normalized spacial score (nSPS) is 14.4. The molecular weight excluding hydrogens is 388 g/mol. The van der Waals surface area contributed by atoms with E-state index in [1.165, 1.54) is 46.2 Å². The lowest BCUT2D eigenvalue weighted by molar-refractivity contribution is 0.707. The van der Waals surface area contributed by atoms with Crippen LogP contribution >= 0.6 is 0 Å². The second kappa shape index (κ2) is 10.1. The number of allylic oxidation sites excluding steroid dienone is 4. The summed E-state index contributed by atoms with van der Waals surface area (Å²) in [4.78, 5) is 0. The van der Waals surface area contributed by atoms with Gasteiger partial charge >= 0.3 is 0 Å². The molecule has 1 atom stereocenters. The number of nitrogens with one attached hydrogen (secondary N) is 2. The number of rotatable bonds is 9. The second-order valence-electron chi connectivity index (χ2n) is 9.36. The maximum Gasteiger partial charge on any atom is 0.0487 e. The van der Waals surface area contributed by atoms with Crippen molar-refractivity contribution in [2.75, 3.05) is 5.32 Å². The van der Waals surface area contributed by atoms with Gasteiger partial charge < -0.3 is 10.6 Å². The molecule has 2 heteroatoms. The van der Waals surface area contributed by atoms with Crippen LogP contribution < -0.4 is 10.6 Å². The average Bonchev–Trinajstić information content (AvgIpc) is 3.55. The van der Waals surface area contributed by atoms with Gasteiger partial charge in [-0.25, -0.2) is 0 Å². The van der Waals surface area contributed by atoms with Crippen LogP contribution in [-0.2, 0) is 6.42 Å². The molecule has 3 rings (SSSR count). The minimum absolute atomic E-state index is 0.243. The third-order valence-electron chi connectivity index (χ3n) is 6.45. The van der Waals surface area contributed by atoms with Gasteiger partial charge in [0.05, 0.1) is 0 Å². The van der Waals surface area contributed by atoms with Crippen LogP contribution in [0.15, 0.2) is 78.0 Å². The quantitative estimate of drug-likeness (QED) is 0.316. The Bertz CT molecular complexity index is 1070. The first-order chi connectivity index (χ1) is 15.1. The van der Waals surface area contributed by atoms with E-state index in [4.69, 9.17) is 0 Å². The van der Waals surface area contributed by atoms with Crippen LogP contribution in [0.1, 0.15) is 61.4 Å². The van der Waals surface area contributed by atoms with Gasteiger partial charge in [0.15, 0.2) is 0 Å². The van der Waals surface area contributed by atoms with E-state index in [-0.39, 0.29) is 6.04 Å². The molecule has 0 amide bonds. The smallest absolute Gasteiger partial charge is 0.0487 e. The molecule has 1 fully saturated rings. The monoisotopic (exact) mass is 426 g/mol. The summed E-state index contributed by atoms with van der Waals surface area (Å²) in [5.74, 6) is 0. The minimum Gasteiger partial charge on any atom is -0.378 e. The van der Waals surface area contributed by atoms with Crippen molar-refractivity contribution in [3.63, 3.8) is 0 Å². The van der Waals surface area contributed by atoms with E-state index in [2.05, 4.69) is 101 Å². The molecule has 2 nitrogen and oxygen atoms in total. The fourth-order valence-electron chi connectivity index (χ4n) is 3.87. The molecular formula is C30H38N2. The van der Waals surface area contributed by atoms with E-state index in [1.807, 2.05) is 6.92 Å². The predicted molar refractivity (Wildman–Crippen MR) is 141 cm³/mol. The summed E-state index contributed by atoms with van der Waals surface area (Å²) in [6, 6.07) is 13.5. The van der Waals surface area contributed by atoms with Gasteiger partial charge in [-0.3, -0.25) is 0 Å². The first kappa shape index (κ1) is 23.7. The fourth-order valence-corrected chi connectivity index (χ4v) is 3.87. The molecule has 1 saturated carbocycles. The summed E-state index contributed by atoms with van der Waals surface area (Å²) >= 11 is 0. The van der Waals surface area contributed by atoms with E-state index in [9.17, 15) is 0 Å². The Kier molecular flexibility index (Phi) is 7.45. The Labute approximate surface area is 194 Å². The van der Waals surface area contributed by atoms with Gasteiger partial charge in [-0.2, -0.15) is 0 Å². The number of aryl methyl sites for hydroxylation is 3. The summed E-state index contributed by atoms with van der Waals surface area (Å²) in [5, 5.41) is 7.20. The molecule has 0 heterocycles. The maximum atomic E-state index is 4.38. The summed E-state index contributed by atoms with van der Waals surface area (Å²) in [5.41, 5.74) is 13.5. The predicted octanol–water partition coefficient (Wildman–Crippen LogP) is 7.79. The van der Waals surface area contributed by atoms with Gasteiger partial charge in [-0.15, -0.1) is 0 Å². The zero-order valence-corrected chi connectivity index (χ0v) is 20.7. The Balaban J connectivity index is 1.72. The van der Waals surface area contributed by atoms with Crippen LogP contribution in [0.5, 0.6) is 0 Å². The Morgan fingerprint density at radius 3 is 2.16 bits per heavy atom. The van der Waals surface area contributed by atoms with E-state index in [1.54, 1.807) is 5.57 Å². The molecule has 1 aliphatic carbocycles. The molecule has 1 aliphatic rings. The molecule has 0 bridgehead atoms.